The molecule has 6 nitrogen and oxygen atoms in total. The minimum absolute atomic E-state index is 0.0511. The van der Waals surface area contributed by atoms with Gasteiger partial charge in [-0.25, -0.2) is 8.42 Å². The first-order valence-corrected chi connectivity index (χ1v) is 13.2. The lowest BCUT2D eigenvalue weighted by Crippen LogP contribution is -2.30. The number of carbonyl (C=O) groups excluding carboxylic acids is 1. The molecule has 2 aromatic rings. The molecule has 1 amide bonds. The number of carbonyl (C=O) groups is 1. The van der Waals surface area contributed by atoms with E-state index < -0.39 is 9.84 Å². The highest BCUT2D eigenvalue weighted by Gasteiger charge is 2.44. The Morgan fingerprint density at radius 1 is 1.19 bits per heavy atom. The van der Waals surface area contributed by atoms with Crippen LogP contribution in [0.25, 0.3) is 0 Å². The van der Waals surface area contributed by atoms with Gasteiger partial charge in [0.25, 0.3) is 5.91 Å². The van der Waals surface area contributed by atoms with Gasteiger partial charge in [0.05, 0.1) is 24.1 Å². The molecule has 0 radical (unpaired) electrons. The number of nitrogens with one attached hydrogen (secondary N) is 1. The summed E-state index contributed by atoms with van der Waals surface area (Å²) in [6, 6.07) is 14.8. The van der Waals surface area contributed by atoms with Crippen molar-refractivity contribution in [1.82, 2.24) is 5.32 Å². The lowest BCUT2D eigenvalue weighted by Gasteiger charge is -2.25. The number of halogens is 1. The predicted octanol–water partition coefficient (Wildman–Crippen LogP) is 3.75. The van der Waals surface area contributed by atoms with Gasteiger partial charge in [-0.2, -0.15) is 0 Å². The van der Waals surface area contributed by atoms with Gasteiger partial charge in [0, 0.05) is 27.6 Å². The van der Waals surface area contributed by atoms with Crippen molar-refractivity contribution in [3.8, 4) is 0 Å². The summed E-state index contributed by atoms with van der Waals surface area (Å²) in [6.07, 6.45) is 0. The molecule has 31 heavy (non-hydrogen) atoms. The van der Waals surface area contributed by atoms with Crippen molar-refractivity contribution in [2.24, 2.45) is 4.99 Å². The van der Waals surface area contributed by atoms with Gasteiger partial charge in [-0.3, -0.25) is 9.79 Å². The summed E-state index contributed by atoms with van der Waals surface area (Å²) in [5, 5.41) is 4.28. The molecule has 0 unspecified atom stereocenters. The Kier molecular flexibility index (Phi) is 6.32. The molecule has 164 valence electrons. The molecule has 0 bridgehead atoms. The predicted molar refractivity (Wildman–Crippen MR) is 128 cm³/mol. The molecule has 0 aromatic heterocycles. The topological polar surface area (TPSA) is 78.8 Å². The summed E-state index contributed by atoms with van der Waals surface area (Å²) in [4.78, 5) is 19.1. The quantitative estimate of drug-likeness (QED) is 0.709. The zero-order valence-electron chi connectivity index (χ0n) is 17.3. The highest BCUT2D eigenvalue weighted by atomic mass is 35.5. The van der Waals surface area contributed by atoms with E-state index in [0.717, 1.165) is 16.4 Å². The highest BCUT2D eigenvalue weighted by Crippen LogP contribution is 2.37. The fourth-order valence-electron chi connectivity index (χ4n) is 3.68. The van der Waals surface area contributed by atoms with E-state index in [9.17, 15) is 13.2 Å². The lowest BCUT2D eigenvalue weighted by molar-refractivity contribution is 0.0943. The lowest BCUT2D eigenvalue weighted by atomic mass is 10.1. The number of nitrogens with zero attached hydrogens (tertiary/aromatic N) is 2. The van der Waals surface area contributed by atoms with Gasteiger partial charge < -0.3 is 10.2 Å². The van der Waals surface area contributed by atoms with Gasteiger partial charge in [0.2, 0.25) is 0 Å². The van der Waals surface area contributed by atoms with Crippen LogP contribution in [0.1, 0.15) is 29.8 Å². The first-order chi connectivity index (χ1) is 14.7. The third-order valence-corrected chi connectivity index (χ3v) is 8.80. The van der Waals surface area contributed by atoms with Gasteiger partial charge >= 0.3 is 0 Å². The molecule has 0 aliphatic carbocycles. The normalized spacial score (nSPS) is 21.6. The number of amidine groups is 1. The molecule has 2 atom stereocenters. The van der Waals surface area contributed by atoms with Crippen LogP contribution in [-0.4, -0.2) is 48.3 Å². The molecule has 1 saturated heterocycles. The van der Waals surface area contributed by atoms with Crippen LogP contribution in [0.5, 0.6) is 0 Å². The highest BCUT2D eigenvalue weighted by molar-refractivity contribution is 8.15. The number of aliphatic imine (C=N–C) groups is 1. The second kappa shape index (κ2) is 8.84. The number of fused-ring (bicyclic) bond motifs is 1. The maximum Gasteiger partial charge on any atom is 0.251 e. The number of sulfone groups is 1. The van der Waals surface area contributed by atoms with E-state index in [0.29, 0.717) is 17.1 Å². The van der Waals surface area contributed by atoms with Gasteiger partial charge in [0.1, 0.15) is 0 Å². The number of hydrogen-bond donors (Lipinski definition) is 1. The van der Waals surface area contributed by atoms with E-state index in [-0.39, 0.29) is 34.7 Å². The van der Waals surface area contributed by atoms with E-state index >= 15 is 0 Å². The SMILES string of the molecule is CC(C)NC(=O)c1ccc(N(Cc2ccccc2Cl)C2=N[C@H]3CS(=O)(=O)C[C@@H]3S2)cc1. The van der Waals surface area contributed by atoms with Crippen molar-refractivity contribution in [1.29, 1.82) is 0 Å². The van der Waals surface area contributed by atoms with Gasteiger partial charge in [-0.1, -0.05) is 41.6 Å². The molecule has 0 spiro atoms. The van der Waals surface area contributed by atoms with Crippen molar-refractivity contribution in [3.05, 3.63) is 64.7 Å². The summed E-state index contributed by atoms with van der Waals surface area (Å²) < 4.78 is 23.9. The first-order valence-electron chi connectivity index (χ1n) is 10.1. The largest absolute Gasteiger partial charge is 0.350 e. The fraction of sp³-hybridized carbons (Fsp3) is 0.364. The Balaban J connectivity index is 1.63. The smallest absolute Gasteiger partial charge is 0.251 e. The molecule has 2 aliphatic rings. The molecule has 1 fully saturated rings. The number of thioether (sulfide) groups is 1. The Bertz CT molecular complexity index is 1120. The molecule has 9 heteroatoms. The molecular weight excluding hydrogens is 454 g/mol. The molecule has 2 aliphatic heterocycles. The summed E-state index contributed by atoms with van der Waals surface area (Å²) in [5.41, 5.74) is 2.40. The Hall–Kier alpha value is -2.03. The third kappa shape index (κ3) is 5.07. The molecule has 4 rings (SSSR count). The number of rotatable bonds is 5. The number of anilines is 1. The fourth-order valence-corrected chi connectivity index (χ4v) is 7.65. The Labute approximate surface area is 192 Å². The van der Waals surface area contributed by atoms with Crippen molar-refractivity contribution in [3.63, 3.8) is 0 Å². The molecule has 2 aromatic carbocycles. The summed E-state index contributed by atoms with van der Waals surface area (Å²) in [6.45, 7) is 4.34. The molecule has 0 saturated carbocycles. The minimum atomic E-state index is -3.02. The molecule has 1 N–H and O–H groups in total. The van der Waals surface area contributed by atoms with Crippen LogP contribution in [-0.2, 0) is 16.4 Å². The second-order valence-corrected chi connectivity index (χ2v) is 11.8. The van der Waals surface area contributed by atoms with Gasteiger partial charge in [-0.15, -0.1) is 0 Å². The maximum atomic E-state index is 12.3. The van der Waals surface area contributed by atoms with E-state index in [1.807, 2.05) is 55.1 Å². The van der Waals surface area contributed by atoms with Crippen LogP contribution in [0, 0.1) is 0 Å². The zero-order chi connectivity index (χ0) is 22.2. The van der Waals surface area contributed by atoms with Crippen molar-refractivity contribution >= 4 is 50.0 Å². The maximum absolute atomic E-state index is 12.3. The van der Waals surface area contributed by atoms with Crippen LogP contribution in [0.15, 0.2) is 53.5 Å². The van der Waals surface area contributed by atoms with Crippen LogP contribution >= 0.6 is 23.4 Å². The van der Waals surface area contributed by atoms with Crippen LogP contribution < -0.4 is 10.2 Å². The van der Waals surface area contributed by atoms with Crippen LogP contribution in [0.2, 0.25) is 5.02 Å². The Morgan fingerprint density at radius 2 is 1.90 bits per heavy atom. The van der Waals surface area contributed by atoms with Crippen molar-refractivity contribution in [2.75, 3.05) is 16.4 Å². The average Bonchev–Trinajstić information content (AvgIpc) is 3.20. The monoisotopic (exact) mass is 477 g/mol. The number of amides is 1. The average molecular weight is 478 g/mol. The van der Waals surface area contributed by atoms with Crippen LogP contribution in [0.3, 0.4) is 0 Å². The third-order valence-electron chi connectivity index (χ3n) is 5.18. The first kappa shape index (κ1) is 22.2. The van der Waals surface area contributed by atoms with Gasteiger partial charge in [0.15, 0.2) is 15.0 Å². The number of benzene rings is 2. The van der Waals surface area contributed by atoms with E-state index in [4.69, 9.17) is 16.6 Å². The standard InChI is InChI=1S/C22H24ClN3O3S2/c1-14(2)24-21(27)15-7-9-17(10-8-15)26(11-16-5-3-4-6-18(16)23)22-25-19-12-31(28,29)13-20(19)30-22/h3-10,14,19-20H,11-13H2,1-2H3,(H,24,27)/t19-,20-/m0/s1. The minimum Gasteiger partial charge on any atom is -0.350 e. The molecule has 2 heterocycles. The van der Waals surface area contributed by atoms with Crippen molar-refractivity contribution < 1.29 is 13.2 Å². The Morgan fingerprint density at radius 3 is 2.55 bits per heavy atom. The molecular formula is C22H24ClN3O3S2. The zero-order valence-corrected chi connectivity index (χ0v) is 19.7. The van der Waals surface area contributed by atoms with Crippen molar-refractivity contribution in [2.45, 2.75) is 37.7 Å². The van der Waals surface area contributed by atoms with E-state index in [1.165, 1.54) is 11.8 Å². The van der Waals surface area contributed by atoms with Crippen LogP contribution in [0.4, 0.5) is 5.69 Å². The number of hydrogen-bond acceptors (Lipinski definition) is 6. The summed E-state index contributed by atoms with van der Waals surface area (Å²) in [5.74, 6) is 0.137. The van der Waals surface area contributed by atoms with E-state index in [1.54, 1.807) is 12.1 Å². The summed E-state index contributed by atoms with van der Waals surface area (Å²) in [7, 11) is -3.02. The van der Waals surface area contributed by atoms with E-state index in [2.05, 4.69) is 5.32 Å². The van der Waals surface area contributed by atoms with Gasteiger partial charge in [-0.05, 0) is 49.7 Å². The summed E-state index contributed by atoms with van der Waals surface area (Å²) >= 11 is 7.91. The second-order valence-electron chi connectivity index (χ2n) is 8.06.